The minimum atomic E-state index is -0.159. The maximum absolute atomic E-state index is 13.1. The van der Waals surface area contributed by atoms with Crippen molar-refractivity contribution in [1.29, 1.82) is 0 Å². The predicted molar refractivity (Wildman–Crippen MR) is 118 cm³/mol. The zero-order valence-corrected chi connectivity index (χ0v) is 17.4. The average Bonchev–Trinajstić information content (AvgIpc) is 2.81. The van der Waals surface area contributed by atoms with Gasteiger partial charge in [-0.25, -0.2) is 9.97 Å². The number of hydrogen-bond donors (Lipinski definition) is 0. The molecule has 0 N–H and O–H groups in total. The first-order chi connectivity index (χ1) is 15.1. The van der Waals surface area contributed by atoms with Gasteiger partial charge in [0.15, 0.2) is 23.1 Å². The third-order valence-electron chi connectivity index (χ3n) is 5.35. The number of anilines is 2. The van der Waals surface area contributed by atoms with Crippen molar-refractivity contribution in [2.75, 3.05) is 50.3 Å². The zero-order chi connectivity index (χ0) is 21.4. The molecule has 5 rings (SSSR count). The Hall–Kier alpha value is -3.81. The van der Waals surface area contributed by atoms with Gasteiger partial charge in [-0.05, 0) is 35.9 Å². The van der Waals surface area contributed by atoms with E-state index in [-0.39, 0.29) is 5.91 Å². The van der Waals surface area contributed by atoms with Crippen molar-refractivity contribution in [3.05, 3.63) is 48.0 Å². The van der Waals surface area contributed by atoms with Gasteiger partial charge in [0.2, 0.25) is 5.75 Å². The molecule has 0 aliphatic carbocycles. The van der Waals surface area contributed by atoms with Crippen molar-refractivity contribution in [3.63, 3.8) is 0 Å². The first-order valence-corrected chi connectivity index (χ1v) is 10.1. The van der Waals surface area contributed by atoms with E-state index in [9.17, 15) is 4.79 Å². The molecule has 0 saturated heterocycles. The van der Waals surface area contributed by atoms with Gasteiger partial charge in [-0.2, -0.15) is 0 Å². The maximum Gasteiger partial charge on any atom is 0.252 e. The maximum atomic E-state index is 13.1. The molecule has 2 aliphatic rings. The number of hydrogen-bond acceptors (Lipinski definition) is 7. The molecule has 0 fully saturated rings. The Kier molecular flexibility index (Phi) is 4.82. The van der Waals surface area contributed by atoms with Gasteiger partial charge in [0.25, 0.3) is 5.91 Å². The van der Waals surface area contributed by atoms with Crippen molar-refractivity contribution in [3.8, 4) is 17.2 Å². The minimum Gasteiger partial charge on any atom is -0.493 e. The van der Waals surface area contributed by atoms with Crippen molar-refractivity contribution < 1.29 is 19.0 Å². The van der Waals surface area contributed by atoms with Crippen LogP contribution in [0.2, 0.25) is 0 Å². The van der Waals surface area contributed by atoms with Gasteiger partial charge in [-0.3, -0.25) is 9.69 Å². The fourth-order valence-corrected chi connectivity index (χ4v) is 3.74. The lowest BCUT2D eigenvalue weighted by molar-refractivity contribution is -0.114. The number of amides is 1. The highest BCUT2D eigenvalue weighted by atomic mass is 16.6. The van der Waals surface area contributed by atoms with Crippen molar-refractivity contribution in [2.45, 2.75) is 0 Å². The molecule has 0 spiro atoms. The number of aromatic nitrogens is 2. The van der Waals surface area contributed by atoms with Gasteiger partial charge in [-0.1, -0.05) is 12.1 Å². The van der Waals surface area contributed by atoms with E-state index < -0.39 is 0 Å². The quantitative estimate of drug-likeness (QED) is 0.605. The summed E-state index contributed by atoms with van der Waals surface area (Å²) in [5, 5.41) is 0. The average molecular weight is 418 g/mol. The topological polar surface area (TPSA) is 77.0 Å². The smallest absolute Gasteiger partial charge is 0.252 e. The second-order valence-corrected chi connectivity index (χ2v) is 7.35. The Balaban J connectivity index is 1.46. The molecule has 2 aliphatic heterocycles. The van der Waals surface area contributed by atoms with Crippen LogP contribution in [0.25, 0.3) is 17.1 Å². The van der Waals surface area contributed by atoms with Gasteiger partial charge in [0.05, 0.1) is 18.1 Å². The van der Waals surface area contributed by atoms with E-state index in [2.05, 4.69) is 0 Å². The van der Waals surface area contributed by atoms with E-state index in [1.807, 2.05) is 48.3 Å². The van der Waals surface area contributed by atoms with Gasteiger partial charge in [0, 0.05) is 26.2 Å². The van der Waals surface area contributed by atoms with E-state index in [0.717, 1.165) is 16.6 Å². The van der Waals surface area contributed by atoms with Crippen LogP contribution in [-0.4, -0.2) is 56.3 Å². The predicted octanol–water partition coefficient (Wildman–Crippen LogP) is 2.91. The van der Waals surface area contributed by atoms with Gasteiger partial charge >= 0.3 is 0 Å². The Morgan fingerprint density at radius 3 is 2.58 bits per heavy atom. The highest BCUT2D eigenvalue weighted by Crippen LogP contribution is 2.40. The molecule has 0 atom stereocenters. The van der Waals surface area contributed by atoms with E-state index in [0.29, 0.717) is 55.2 Å². The second kappa shape index (κ2) is 7.79. The van der Waals surface area contributed by atoms with Crippen LogP contribution in [0.3, 0.4) is 0 Å². The lowest BCUT2D eigenvalue weighted by Crippen LogP contribution is -2.43. The number of ether oxygens (including phenoxy) is 3. The summed E-state index contributed by atoms with van der Waals surface area (Å²) in [5.41, 5.74) is 2.35. The summed E-state index contributed by atoms with van der Waals surface area (Å²) >= 11 is 0. The summed E-state index contributed by atoms with van der Waals surface area (Å²) in [7, 11) is 3.54. The Labute approximate surface area is 179 Å². The summed E-state index contributed by atoms with van der Waals surface area (Å²) < 4.78 is 16.7. The number of benzene rings is 2. The van der Waals surface area contributed by atoms with Gasteiger partial charge in [0.1, 0.15) is 13.2 Å². The first kappa shape index (κ1) is 19.2. The van der Waals surface area contributed by atoms with Crippen LogP contribution in [0.4, 0.5) is 11.6 Å². The molecule has 31 heavy (non-hydrogen) atoms. The zero-order valence-electron chi connectivity index (χ0n) is 17.4. The van der Waals surface area contributed by atoms with Gasteiger partial charge in [-0.15, -0.1) is 0 Å². The fraction of sp³-hybridized carbons (Fsp3) is 0.261. The molecule has 0 unspecified atom stereocenters. The van der Waals surface area contributed by atoms with Gasteiger partial charge < -0.3 is 19.1 Å². The van der Waals surface area contributed by atoms with Crippen LogP contribution in [-0.2, 0) is 4.79 Å². The van der Waals surface area contributed by atoms with Crippen LogP contribution in [0.15, 0.2) is 42.5 Å². The number of fused-ring (bicyclic) bond motifs is 3. The summed E-state index contributed by atoms with van der Waals surface area (Å²) in [5.74, 6) is 2.89. The standard InChI is InChI=1S/C23H22N4O4/c1-26-9-10-27(23-22(26)24-16-5-3-4-6-17(16)25-23)20(28)8-7-15-13-18(29-2)21-19(14-15)30-11-12-31-21/h3-8,13-14H,9-12H2,1-2H3/b8-7+. The van der Waals surface area contributed by atoms with Crippen LogP contribution in [0.5, 0.6) is 17.2 Å². The molecular formula is C23H22N4O4. The highest BCUT2D eigenvalue weighted by molar-refractivity contribution is 6.06. The molecule has 8 nitrogen and oxygen atoms in total. The Morgan fingerprint density at radius 1 is 1.06 bits per heavy atom. The lowest BCUT2D eigenvalue weighted by atomic mass is 10.1. The Bertz CT molecular complexity index is 1180. The largest absolute Gasteiger partial charge is 0.493 e. The van der Waals surface area contributed by atoms with Crippen molar-refractivity contribution >= 4 is 34.7 Å². The first-order valence-electron chi connectivity index (χ1n) is 10.1. The number of para-hydroxylation sites is 2. The fourth-order valence-electron chi connectivity index (χ4n) is 3.74. The SMILES string of the molecule is COc1cc(/C=C/C(=O)N2CCN(C)c3nc4ccccc4nc32)cc2c1OCCO2. The summed E-state index contributed by atoms with van der Waals surface area (Å²) in [6, 6.07) is 11.3. The van der Waals surface area contributed by atoms with Crippen LogP contribution in [0, 0.1) is 0 Å². The molecule has 0 bridgehead atoms. The van der Waals surface area contributed by atoms with Crippen LogP contribution in [0.1, 0.15) is 5.56 Å². The number of rotatable bonds is 3. The Morgan fingerprint density at radius 2 is 1.81 bits per heavy atom. The molecule has 0 saturated carbocycles. The molecule has 158 valence electrons. The monoisotopic (exact) mass is 418 g/mol. The van der Waals surface area contributed by atoms with E-state index >= 15 is 0 Å². The number of methoxy groups -OCH3 is 1. The van der Waals surface area contributed by atoms with Crippen LogP contribution >= 0.6 is 0 Å². The van der Waals surface area contributed by atoms with Crippen molar-refractivity contribution in [2.24, 2.45) is 0 Å². The molecule has 2 aromatic carbocycles. The molecule has 1 aromatic heterocycles. The number of carbonyl (C=O) groups excluding carboxylic acids is 1. The summed E-state index contributed by atoms with van der Waals surface area (Å²) in [4.78, 5) is 26.2. The second-order valence-electron chi connectivity index (χ2n) is 7.35. The molecule has 3 aromatic rings. The molecule has 0 radical (unpaired) electrons. The highest BCUT2D eigenvalue weighted by Gasteiger charge is 2.27. The number of nitrogens with zero attached hydrogens (tertiary/aromatic N) is 4. The van der Waals surface area contributed by atoms with E-state index in [4.69, 9.17) is 24.2 Å². The third-order valence-corrected chi connectivity index (χ3v) is 5.35. The normalized spacial score (nSPS) is 15.3. The van der Waals surface area contributed by atoms with E-state index in [1.54, 1.807) is 18.1 Å². The summed E-state index contributed by atoms with van der Waals surface area (Å²) in [6.07, 6.45) is 3.28. The van der Waals surface area contributed by atoms with Crippen LogP contribution < -0.4 is 24.0 Å². The minimum absolute atomic E-state index is 0.159. The van der Waals surface area contributed by atoms with E-state index in [1.165, 1.54) is 6.08 Å². The number of likely N-dealkylation sites (N-methyl/N-ethyl adjacent to an activating group) is 1. The molecule has 8 heteroatoms. The molecule has 1 amide bonds. The number of carbonyl (C=O) groups is 1. The lowest BCUT2D eigenvalue weighted by Gasteiger charge is -2.33. The van der Waals surface area contributed by atoms with Crippen molar-refractivity contribution in [1.82, 2.24) is 9.97 Å². The third kappa shape index (κ3) is 3.50. The molecule has 3 heterocycles. The summed E-state index contributed by atoms with van der Waals surface area (Å²) in [6.45, 7) is 2.17. The molecular weight excluding hydrogens is 396 g/mol.